The molecule has 4 atom stereocenters. The lowest BCUT2D eigenvalue weighted by Gasteiger charge is -2.25. The zero-order valence-electron chi connectivity index (χ0n) is 12.8. The van der Waals surface area contributed by atoms with Gasteiger partial charge in [-0.1, -0.05) is 27.2 Å². The summed E-state index contributed by atoms with van der Waals surface area (Å²) in [6, 6.07) is 0. The Morgan fingerprint density at radius 3 is 2.40 bits per heavy atom. The highest BCUT2D eigenvalue weighted by molar-refractivity contribution is 5.80. The minimum atomic E-state index is -0.812. The van der Waals surface area contributed by atoms with Gasteiger partial charge in [-0.3, -0.25) is 9.59 Å². The van der Waals surface area contributed by atoms with Gasteiger partial charge in [-0.15, -0.1) is 0 Å². The molecule has 0 aromatic rings. The number of carboxylic acid groups (broad SMARTS) is 1. The summed E-state index contributed by atoms with van der Waals surface area (Å²) in [5, 5.41) is 12.2. The summed E-state index contributed by atoms with van der Waals surface area (Å²) in [7, 11) is 0. The highest BCUT2D eigenvalue weighted by Gasteiger charge is 2.43. The van der Waals surface area contributed by atoms with Crippen LogP contribution in [0.1, 0.15) is 52.9 Å². The molecule has 2 rings (SSSR count). The van der Waals surface area contributed by atoms with Gasteiger partial charge < -0.3 is 10.4 Å². The molecule has 0 spiro atoms. The average Bonchev–Trinajstić information content (AvgIpc) is 2.94. The quantitative estimate of drug-likeness (QED) is 0.814. The Labute approximate surface area is 121 Å². The summed E-state index contributed by atoms with van der Waals surface area (Å²) < 4.78 is 0. The molecular formula is C16H27NO3. The van der Waals surface area contributed by atoms with Crippen LogP contribution >= 0.6 is 0 Å². The smallest absolute Gasteiger partial charge is 0.308 e. The number of hydrogen-bond donors (Lipinski definition) is 2. The van der Waals surface area contributed by atoms with Gasteiger partial charge in [0, 0.05) is 12.5 Å². The second-order valence-corrected chi connectivity index (χ2v) is 7.83. The second kappa shape index (κ2) is 5.74. The fourth-order valence-corrected chi connectivity index (χ4v) is 3.91. The Kier molecular flexibility index (Phi) is 4.40. The molecule has 0 radical (unpaired) electrons. The first-order valence-electron chi connectivity index (χ1n) is 7.77. The zero-order valence-corrected chi connectivity index (χ0v) is 12.8. The normalized spacial score (nSPS) is 30.2. The number of carbonyl (C=O) groups is 2. The Morgan fingerprint density at radius 1 is 1.25 bits per heavy atom. The molecule has 2 fully saturated rings. The van der Waals surface area contributed by atoms with Crippen LogP contribution in [0.25, 0.3) is 0 Å². The lowest BCUT2D eigenvalue weighted by molar-refractivity contribution is -0.142. The molecular weight excluding hydrogens is 254 g/mol. The maximum atomic E-state index is 12.2. The number of aliphatic carboxylic acids is 1. The molecule has 4 nitrogen and oxygen atoms in total. The lowest BCUT2D eigenvalue weighted by atomic mass is 9.84. The molecule has 20 heavy (non-hydrogen) atoms. The van der Waals surface area contributed by atoms with Gasteiger partial charge in [-0.25, -0.2) is 0 Å². The van der Waals surface area contributed by atoms with Crippen molar-refractivity contribution in [3.05, 3.63) is 0 Å². The number of amides is 1. The zero-order chi connectivity index (χ0) is 14.9. The summed E-state index contributed by atoms with van der Waals surface area (Å²) in [6.45, 7) is 6.35. The van der Waals surface area contributed by atoms with Crippen LogP contribution in [0.5, 0.6) is 0 Å². The maximum absolute atomic E-state index is 12.2. The minimum Gasteiger partial charge on any atom is -0.481 e. The molecule has 2 bridgehead atoms. The molecule has 4 unspecified atom stereocenters. The van der Waals surface area contributed by atoms with E-state index in [1.54, 1.807) is 0 Å². The molecule has 0 aliphatic heterocycles. The van der Waals surface area contributed by atoms with Crippen molar-refractivity contribution >= 4 is 11.9 Å². The van der Waals surface area contributed by atoms with Crippen LogP contribution in [0.4, 0.5) is 0 Å². The average molecular weight is 281 g/mol. The van der Waals surface area contributed by atoms with Gasteiger partial charge in [0.2, 0.25) is 5.91 Å². The molecule has 0 aromatic heterocycles. The molecule has 114 valence electrons. The first-order chi connectivity index (χ1) is 9.26. The van der Waals surface area contributed by atoms with Crippen LogP contribution < -0.4 is 5.32 Å². The molecule has 0 aromatic carbocycles. The first-order valence-corrected chi connectivity index (χ1v) is 7.77. The van der Waals surface area contributed by atoms with E-state index in [9.17, 15) is 14.7 Å². The van der Waals surface area contributed by atoms with Crippen molar-refractivity contribution in [1.29, 1.82) is 0 Å². The summed E-state index contributed by atoms with van der Waals surface area (Å²) in [5.74, 6) is 0.201. The number of rotatable bonds is 5. The standard InChI is InChI=1S/C16H27NO3/c1-16(2,3)8-12(15(19)20)9-17-14(18)13-7-10-4-5-11(13)6-10/h10-13H,4-9H2,1-3H3,(H,17,18)(H,19,20). The third-order valence-corrected chi connectivity index (χ3v) is 4.81. The molecule has 2 saturated carbocycles. The van der Waals surface area contributed by atoms with Gasteiger partial charge in [0.25, 0.3) is 0 Å². The number of hydrogen-bond acceptors (Lipinski definition) is 2. The van der Waals surface area contributed by atoms with E-state index in [4.69, 9.17) is 0 Å². The fourth-order valence-electron chi connectivity index (χ4n) is 3.91. The van der Waals surface area contributed by atoms with Gasteiger partial charge >= 0.3 is 5.97 Å². The van der Waals surface area contributed by atoms with E-state index in [1.165, 1.54) is 19.3 Å². The third-order valence-electron chi connectivity index (χ3n) is 4.81. The van der Waals surface area contributed by atoms with Gasteiger partial charge in [0.1, 0.15) is 0 Å². The SMILES string of the molecule is CC(C)(C)CC(CNC(=O)C1CC2CCC1C2)C(=O)O. The van der Waals surface area contributed by atoms with E-state index >= 15 is 0 Å². The third kappa shape index (κ3) is 3.74. The highest BCUT2D eigenvalue weighted by atomic mass is 16.4. The highest BCUT2D eigenvalue weighted by Crippen LogP contribution is 2.48. The molecule has 2 N–H and O–H groups in total. The van der Waals surface area contributed by atoms with E-state index in [2.05, 4.69) is 5.32 Å². The van der Waals surface area contributed by atoms with Gasteiger partial charge in [0.15, 0.2) is 0 Å². The predicted molar refractivity (Wildman–Crippen MR) is 77.1 cm³/mol. The Morgan fingerprint density at radius 2 is 1.95 bits per heavy atom. The van der Waals surface area contributed by atoms with Gasteiger partial charge in [-0.2, -0.15) is 0 Å². The second-order valence-electron chi connectivity index (χ2n) is 7.83. The van der Waals surface area contributed by atoms with E-state index in [-0.39, 0.29) is 23.8 Å². The van der Waals surface area contributed by atoms with Crippen molar-refractivity contribution in [2.24, 2.45) is 29.1 Å². The van der Waals surface area contributed by atoms with Crippen LogP contribution in [-0.4, -0.2) is 23.5 Å². The fraction of sp³-hybridized carbons (Fsp3) is 0.875. The summed E-state index contributed by atoms with van der Waals surface area (Å²) in [4.78, 5) is 23.5. The summed E-state index contributed by atoms with van der Waals surface area (Å²) >= 11 is 0. The Balaban J connectivity index is 1.83. The number of carboxylic acids is 1. The topological polar surface area (TPSA) is 66.4 Å². The molecule has 0 heterocycles. The van der Waals surface area contributed by atoms with Crippen LogP contribution in [0.2, 0.25) is 0 Å². The Hall–Kier alpha value is -1.06. The van der Waals surface area contributed by atoms with E-state index in [0.29, 0.717) is 12.3 Å². The van der Waals surface area contributed by atoms with E-state index in [1.807, 2.05) is 20.8 Å². The molecule has 2 aliphatic carbocycles. The number of nitrogens with one attached hydrogen (secondary N) is 1. The van der Waals surface area contributed by atoms with Crippen molar-refractivity contribution in [2.45, 2.75) is 52.9 Å². The number of carbonyl (C=O) groups excluding carboxylic acids is 1. The minimum absolute atomic E-state index is 0.0415. The molecule has 0 saturated heterocycles. The van der Waals surface area contributed by atoms with Crippen molar-refractivity contribution in [2.75, 3.05) is 6.54 Å². The predicted octanol–water partition coefficient (Wildman–Crippen LogP) is 2.68. The first kappa shape index (κ1) is 15.3. The van der Waals surface area contributed by atoms with Crippen molar-refractivity contribution < 1.29 is 14.7 Å². The monoisotopic (exact) mass is 281 g/mol. The summed E-state index contributed by atoms with van der Waals surface area (Å²) in [5.41, 5.74) is -0.0415. The van der Waals surface area contributed by atoms with Crippen LogP contribution in [0.15, 0.2) is 0 Å². The largest absolute Gasteiger partial charge is 0.481 e. The Bertz CT molecular complexity index is 386. The van der Waals surface area contributed by atoms with Crippen LogP contribution in [0, 0.1) is 29.1 Å². The van der Waals surface area contributed by atoms with Crippen molar-refractivity contribution in [1.82, 2.24) is 5.32 Å². The maximum Gasteiger partial charge on any atom is 0.308 e. The summed E-state index contributed by atoms with van der Waals surface area (Å²) in [6.07, 6.45) is 5.23. The van der Waals surface area contributed by atoms with Crippen LogP contribution in [-0.2, 0) is 9.59 Å². The molecule has 4 heteroatoms. The lowest BCUT2D eigenvalue weighted by Crippen LogP contribution is -2.39. The number of fused-ring (bicyclic) bond motifs is 2. The van der Waals surface area contributed by atoms with Crippen LogP contribution in [0.3, 0.4) is 0 Å². The van der Waals surface area contributed by atoms with Crippen molar-refractivity contribution in [3.8, 4) is 0 Å². The van der Waals surface area contributed by atoms with E-state index in [0.717, 1.165) is 12.3 Å². The van der Waals surface area contributed by atoms with Gasteiger partial charge in [-0.05, 0) is 42.9 Å². The molecule has 1 amide bonds. The molecule has 2 aliphatic rings. The van der Waals surface area contributed by atoms with Crippen molar-refractivity contribution in [3.63, 3.8) is 0 Å². The van der Waals surface area contributed by atoms with Gasteiger partial charge in [0.05, 0.1) is 5.92 Å². The van der Waals surface area contributed by atoms with E-state index < -0.39 is 11.9 Å².